The third-order valence-corrected chi connectivity index (χ3v) is 6.58. The van der Waals surface area contributed by atoms with E-state index < -0.39 is 0 Å². The first-order valence-corrected chi connectivity index (χ1v) is 11.6. The summed E-state index contributed by atoms with van der Waals surface area (Å²) in [5.74, 6) is 0.236. The average Bonchev–Trinajstić information content (AvgIpc) is 2.84. The lowest BCUT2D eigenvalue weighted by Crippen LogP contribution is -2.39. The topological polar surface area (TPSA) is 59.0 Å². The van der Waals surface area contributed by atoms with Gasteiger partial charge in [-0.25, -0.2) is 9.97 Å². The Labute approximate surface area is 198 Å². The van der Waals surface area contributed by atoms with E-state index in [1.54, 1.807) is 0 Å². The molecule has 0 aliphatic carbocycles. The number of hydrogen-bond donors (Lipinski definition) is 0. The monoisotopic (exact) mass is 456 g/mol. The van der Waals surface area contributed by atoms with E-state index in [1.807, 2.05) is 73.3 Å². The minimum Gasteiger partial charge on any atom is -0.338 e. The number of pyridine rings is 1. The number of hydrogen-bond acceptors (Lipinski definition) is 4. The molecule has 0 radical (unpaired) electrons. The van der Waals surface area contributed by atoms with Crippen LogP contribution in [0.1, 0.15) is 46.2 Å². The number of carbonyl (C=O) groups excluding carboxylic acids is 1. The molecular formula is C27H25ClN4O. The van der Waals surface area contributed by atoms with Crippen molar-refractivity contribution in [1.29, 1.82) is 0 Å². The Hall–Kier alpha value is -3.31. The van der Waals surface area contributed by atoms with Crippen molar-refractivity contribution in [3.8, 4) is 11.3 Å². The van der Waals surface area contributed by atoms with Crippen LogP contribution in [0.4, 0.5) is 0 Å². The van der Waals surface area contributed by atoms with Gasteiger partial charge in [-0.3, -0.25) is 9.78 Å². The summed E-state index contributed by atoms with van der Waals surface area (Å²) in [7, 11) is 0. The van der Waals surface area contributed by atoms with Crippen molar-refractivity contribution in [3.05, 3.63) is 88.3 Å². The summed E-state index contributed by atoms with van der Waals surface area (Å²) in [5, 5.41) is 0.694. The molecule has 6 heteroatoms. The van der Waals surface area contributed by atoms with Crippen molar-refractivity contribution < 1.29 is 4.79 Å². The van der Waals surface area contributed by atoms with Gasteiger partial charge >= 0.3 is 0 Å². The molecule has 0 spiro atoms. The molecule has 1 aliphatic heterocycles. The van der Waals surface area contributed by atoms with Gasteiger partial charge in [0.15, 0.2) is 0 Å². The van der Waals surface area contributed by atoms with Crippen molar-refractivity contribution >= 4 is 28.5 Å². The predicted molar refractivity (Wildman–Crippen MR) is 132 cm³/mol. The molecule has 5 nitrogen and oxygen atoms in total. The van der Waals surface area contributed by atoms with E-state index in [0.29, 0.717) is 17.1 Å². The summed E-state index contributed by atoms with van der Waals surface area (Å²) in [6.45, 7) is 5.29. The Kier molecular flexibility index (Phi) is 5.81. The predicted octanol–water partition coefficient (Wildman–Crippen LogP) is 5.98. The van der Waals surface area contributed by atoms with E-state index in [0.717, 1.165) is 58.8 Å². The molecule has 166 valence electrons. The smallest absolute Gasteiger partial charge is 0.253 e. The molecule has 0 N–H and O–H groups in total. The summed E-state index contributed by atoms with van der Waals surface area (Å²) in [4.78, 5) is 29.4. The van der Waals surface area contributed by atoms with Crippen LogP contribution in [0.25, 0.3) is 22.3 Å². The van der Waals surface area contributed by atoms with Gasteiger partial charge < -0.3 is 4.90 Å². The largest absolute Gasteiger partial charge is 0.338 e. The molecule has 1 fully saturated rings. The van der Waals surface area contributed by atoms with Gasteiger partial charge in [0.25, 0.3) is 5.91 Å². The average molecular weight is 457 g/mol. The Morgan fingerprint density at radius 2 is 1.73 bits per heavy atom. The van der Waals surface area contributed by atoms with Gasteiger partial charge in [-0.15, -0.1) is 0 Å². The first-order chi connectivity index (χ1) is 16.0. The van der Waals surface area contributed by atoms with Gasteiger partial charge in [-0.1, -0.05) is 29.8 Å². The summed E-state index contributed by atoms with van der Waals surface area (Å²) < 4.78 is 0. The van der Waals surface area contributed by atoms with Crippen LogP contribution in [0.2, 0.25) is 5.02 Å². The molecule has 1 atom stereocenters. The van der Waals surface area contributed by atoms with Crippen LogP contribution in [-0.2, 0) is 0 Å². The lowest BCUT2D eigenvalue weighted by molar-refractivity contribution is 0.0706. The highest BCUT2D eigenvalue weighted by molar-refractivity contribution is 6.30. The van der Waals surface area contributed by atoms with Crippen LogP contribution < -0.4 is 0 Å². The van der Waals surface area contributed by atoms with E-state index in [2.05, 4.69) is 16.0 Å². The minimum atomic E-state index is 0.0348. The van der Waals surface area contributed by atoms with Crippen molar-refractivity contribution in [2.24, 2.45) is 0 Å². The normalized spacial score (nSPS) is 16.2. The van der Waals surface area contributed by atoms with Crippen LogP contribution in [-0.4, -0.2) is 38.8 Å². The number of piperidine rings is 1. The number of fused-ring (bicyclic) bond motifs is 1. The molecule has 4 aromatic rings. The Morgan fingerprint density at radius 1 is 0.939 bits per heavy atom. The Balaban J connectivity index is 1.38. The maximum Gasteiger partial charge on any atom is 0.253 e. The van der Waals surface area contributed by atoms with Crippen molar-refractivity contribution in [3.63, 3.8) is 0 Å². The number of halogens is 1. The third-order valence-electron chi connectivity index (χ3n) is 6.34. The molecule has 3 heterocycles. The van der Waals surface area contributed by atoms with E-state index in [-0.39, 0.29) is 11.8 Å². The highest BCUT2D eigenvalue weighted by Crippen LogP contribution is 2.29. The maximum atomic E-state index is 13.3. The number of nitrogens with zero attached hydrogens (tertiary/aromatic N) is 4. The molecule has 2 aromatic carbocycles. The number of likely N-dealkylation sites (tertiary alicyclic amines) is 1. The van der Waals surface area contributed by atoms with Gasteiger partial charge in [0.05, 0.1) is 28.1 Å². The van der Waals surface area contributed by atoms with Crippen LogP contribution in [0.3, 0.4) is 0 Å². The van der Waals surface area contributed by atoms with E-state index in [1.165, 1.54) is 0 Å². The molecule has 1 saturated heterocycles. The molecule has 0 unspecified atom stereocenters. The van der Waals surface area contributed by atoms with Crippen LogP contribution in [0.5, 0.6) is 0 Å². The molecular weight excluding hydrogens is 432 g/mol. The second-order valence-electron chi connectivity index (χ2n) is 8.65. The standard InChI is InChI=1S/C27H25ClN4O/c1-17-18(2)30-26-15-20(11-12-25(26)29-17)27(33)32-13-5-7-21(16-32)24-10-4-9-23(31-24)19-6-3-8-22(28)14-19/h3-4,6,8-12,14-15,21H,5,7,13,16H2,1-2H3/t21-/m0/s1. The summed E-state index contributed by atoms with van der Waals surface area (Å²) in [5.41, 5.74) is 6.93. The zero-order chi connectivity index (χ0) is 22.9. The number of aryl methyl sites for hydroxylation is 2. The molecule has 0 bridgehead atoms. The van der Waals surface area contributed by atoms with E-state index in [9.17, 15) is 4.79 Å². The zero-order valence-electron chi connectivity index (χ0n) is 18.8. The Morgan fingerprint density at radius 3 is 2.55 bits per heavy atom. The molecule has 1 amide bonds. The van der Waals surface area contributed by atoms with E-state index >= 15 is 0 Å². The number of carbonyl (C=O) groups is 1. The number of benzene rings is 2. The maximum absolute atomic E-state index is 13.3. The fourth-order valence-electron chi connectivity index (χ4n) is 4.44. The van der Waals surface area contributed by atoms with Gasteiger partial charge in [0.2, 0.25) is 0 Å². The minimum absolute atomic E-state index is 0.0348. The molecule has 0 saturated carbocycles. The first-order valence-electron chi connectivity index (χ1n) is 11.2. The van der Waals surface area contributed by atoms with Gasteiger partial charge in [0, 0.05) is 40.9 Å². The van der Waals surface area contributed by atoms with Crippen molar-refractivity contribution in [1.82, 2.24) is 19.9 Å². The third kappa shape index (κ3) is 4.46. The summed E-state index contributed by atoms with van der Waals surface area (Å²) >= 11 is 6.17. The molecule has 33 heavy (non-hydrogen) atoms. The number of rotatable bonds is 3. The van der Waals surface area contributed by atoms with Crippen molar-refractivity contribution in [2.45, 2.75) is 32.6 Å². The van der Waals surface area contributed by atoms with Gasteiger partial charge in [-0.05, 0) is 69.2 Å². The second kappa shape index (κ2) is 8.91. The van der Waals surface area contributed by atoms with Crippen LogP contribution in [0, 0.1) is 13.8 Å². The number of amides is 1. The summed E-state index contributed by atoms with van der Waals surface area (Å²) in [6.07, 6.45) is 1.96. The van der Waals surface area contributed by atoms with Gasteiger partial charge in [0.1, 0.15) is 0 Å². The summed E-state index contributed by atoms with van der Waals surface area (Å²) in [6, 6.07) is 19.4. The fraction of sp³-hybridized carbons (Fsp3) is 0.259. The molecule has 2 aromatic heterocycles. The lowest BCUT2D eigenvalue weighted by Gasteiger charge is -2.32. The fourth-order valence-corrected chi connectivity index (χ4v) is 4.63. The first kappa shape index (κ1) is 21.5. The lowest BCUT2D eigenvalue weighted by atomic mass is 9.93. The molecule has 5 rings (SSSR count). The zero-order valence-corrected chi connectivity index (χ0v) is 19.5. The second-order valence-corrected chi connectivity index (χ2v) is 9.08. The highest BCUT2D eigenvalue weighted by Gasteiger charge is 2.27. The van der Waals surface area contributed by atoms with Gasteiger partial charge in [-0.2, -0.15) is 0 Å². The van der Waals surface area contributed by atoms with Crippen LogP contribution in [0.15, 0.2) is 60.7 Å². The SMILES string of the molecule is Cc1nc2ccc(C(=O)N3CCC[C@H](c4cccc(-c5cccc(Cl)c5)n4)C3)cc2nc1C. The molecule has 1 aliphatic rings. The van der Waals surface area contributed by atoms with Crippen molar-refractivity contribution in [2.75, 3.05) is 13.1 Å². The Bertz CT molecular complexity index is 1350. The van der Waals surface area contributed by atoms with E-state index in [4.69, 9.17) is 16.6 Å². The quantitative estimate of drug-likeness (QED) is 0.380. The number of aromatic nitrogens is 3. The highest BCUT2D eigenvalue weighted by atomic mass is 35.5. The van der Waals surface area contributed by atoms with Crippen LogP contribution >= 0.6 is 11.6 Å².